The number of fused-ring (bicyclic) bond motifs is 1. The molecule has 1 heterocycles. The number of benzene rings is 2. The van der Waals surface area contributed by atoms with Crippen LogP contribution < -0.4 is 4.74 Å². The van der Waals surface area contributed by atoms with Crippen molar-refractivity contribution in [3.8, 4) is 5.75 Å². The van der Waals surface area contributed by atoms with Crippen LogP contribution >= 0.6 is 11.6 Å². The number of hydrogen-bond acceptors (Lipinski definition) is 3. The molecule has 0 radical (unpaired) electrons. The molecule has 4 heteroatoms. The van der Waals surface area contributed by atoms with Gasteiger partial charge in [-0.25, -0.2) is 4.98 Å². The molecule has 0 saturated heterocycles. The Bertz CT molecular complexity index is 930. The van der Waals surface area contributed by atoms with Gasteiger partial charge in [0.05, 0.1) is 12.6 Å². The Morgan fingerprint density at radius 3 is 2.58 bits per heavy atom. The van der Waals surface area contributed by atoms with E-state index in [-0.39, 0.29) is 5.78 Å². The second kappa shape index (κ2) is 6.85. The van der Waals surface area contributed by atoms with Crippen LogP contribution in [-0.2, 0) is 0 Å². The minimum atomic E-state index is -0.0993. The maximum Gasteiger partial charge on any atom is 0.185 e. The number of ketones is 1. The average molecular weight is 338 g/mol. The Hall–Kier alpha value is -2.65. The normalized spacial score (nSPS) is 11.1. The largest absolute Gasteiger partial charge is 0.497 e. The predicted octanol–water partition coefficient (Wildman–Crippen LogP) is 5.10. The van der Waals surface area contributed by atoms with Gasteiger partial charge in [0.15, 0.2) is 5.78 Å². The Labute approximate surface area is 145 Å². The third-order valence-corrected chi connectivity index (χ3v) is 4.05. The van der Waals surface area contributed by atoms with Crippen molar-refractivity contribution < 1.29 is 9.53 Å². The smallest absolute Gasteiger partial charge is 0.185 e. The van der Waals surface area contributed by atoms with Crippen molar-refractivity contribution in [1.82, 2.24) is 4.98 Å². The molecule has 120 valence electrons. The van der Waals surface area contributed by atoms with E-state index in [9.17, 15) is 4.79 Å². The van der Waals surface area contributed by atoms with Gasteiger partial charge in [-0.15, -0.1) is 0 Å². The molecule has 0 atom stereocenters. The van der Waals surface area contributed by atoms with Crippen LogP contribution in [0.2, 0.25) is 5.15 Å². The molecule has 0 bridgehead atoms. The zero-order chi connectivity index (χ0) is 17.1. The van der Waals surface area contributed by atoms with Crippen LogP contribution in [0, 0.1) is 6.92 Å². The molecule has 0 aliphatic rings. The summed E-state index contributed by atoms with van der Waals surface area (Å²) in [6.07, 6.45) is 3.20. The van der Waals surface area contributed by atoms with E-state index >= 15 is 0 Å². The van der Waals surface area contributed by atoms with Gasteiger partial charge >= 0.3 is 0 Å². The number of carbonyl (C=O) groups is 1. The van der Waals surface area contributed by atoms with Gasteiger partial charge < -0.3 is 4.74 Å². The van der Waals surface area contributed by atoms with Gasteiger partial charge in [-0.3, -0.25) is 4.79 Å². The van der Waals surface area contributed by atoms with E-state index in [4.69, 9.17) is 16.3 Å². The molecule has 0 fully saturated rings. The molecule has 1 aromatic heterocycles. The maximum atomic E-state index is 12.2. The fourth-order valence-corrected chi connectivity index (χ4v) is 2.61. The van der Waals surface area contributed by atoms with Crippen molar-refractivity contribution in [3.05, 3.63) is 76.5 Å². The number of ether oxygens (including phenoxy) is 1. The van der Waals surface area contributed by atoms with Crippen LogP contribution in [0.3, 0.4) is 0 Å². The first-order chi connectivity index (χ1) is 11.6. The highest BCUT2D eigenvalue weighted by Crippen LogP contribution is 2.23. The molecule has 0 unspecified atom stereocenters. The molecular weight excluding hydrogens is 322 g/mol. The van der Waals surface area contributed by atoms with Crippen LogP contribution in [0.15, 0.2) is 54.6 Å². The van der Waals surface area contributed by atoms with E-state index in [1.54, 1.807) is 37.5 Å². The molecule has 0 N–H and O–H groups in total. The molecule has 0 aliphatic carbocycles. The number of pyridine rings is 1. The van der Waals surface area contributed by atoms with Crippen molar-refractivity contribution in [1.29, 1.82) is 0 Å². The maximum absolute atomic E-state index is 12.2. The van der Waals surface area contributed by atoms with Gasteiger partial charge in [0.2, 0.25) is 0 Å². The molecule has 24 heavy (non-hydrogen) atoms. The van der Waals surface area contributed by atoms with E-state index in [1.807, 2.05) is 31.2 Å². The second-order valence-electron chi connectivity index (χ2n) is 5.49. The van der Waals surface area contributed by atoms with Crippen LogP contribution in [-0.4, -0.2) is 17.9 Å². The molecule has 0 saturated carbocycles. The number of allylic oxidation sites excluding steroid dienone is 1. The fourth-order valence-electron chi connectivity index (χ4n) is 2.40. The molecule has 0 amide bonds. The number of nitrogens with zero attached hydrogens (tertiary/aromatic N) is 1. The quantitative estimate of drug-likeness (QED) is 0.377. The summed E-state index contributed by atoms with van der Waals surface area (Å²) in [5, 5.41) is 1.37. The highest BCUT2D eigenvalue weighted by atomic mass is 35.5. The minimum Gasteiger partial charge on any atom is -0.497 e. The van der Waals surface area contributed by atoms with Gasteiger partial charge in [0.25, 0.3) is 0 Å². The Morgan fingerprint density at radius 2 is 1.88 bits per heavy atom. The highest BCUT2D eigenvalue weighted by molar-refractivity contribution is 6.31. The summed E-state index contributed by atoms with van der Waals surface area (Å²) >= 11 is 6.23. The number of hydrogen-bond donors (Lipinski definition) is 0. The average Bonchev–Trinajstić information content (AvgIpc) is 2.59. The first-order valence-corrected chi connectivity index (χ1v) is 7.88. The molecule has 0 aliphatic heterocycles. The lowest BCUT2D eigenvalue weighted by Gasteiger charge is -2.03. The molecular formula is C20H16ClNO2. The first kappa shape index (κ1) is 16.2. The summed E-state index contributed by atoms with van der Waals surface area (Å²) in [4.78, 5) is 16.6. The van der Waals surface area contributed by atoms with Crippen LogP contribution in [0.5, 0.6) is 5.75 Å². The zero-order valence-corrected chi connectivity index (χ0v) is 14.2. The molecule has 3 rings (SSSR count). The molecule has 3 nitrogen and oxygen atoms in total. The van der Waals surface area contributed by atoms with Crippen LogP contribution in [0.4, 0.5) is 0 Å². The number of carbonyl (C=O) groups excluding carboxylic acids is 1. The van der Waals surface area contributed by atoms with E-state index in [0.29, 0.717) is 16.5 Å². The lowest BCUT2D eigenvalue weighted by atomic mass is 10.1. The summed E-state index contributed by atoms with van der Waals surface area (Å²) in [6, 6.07) is 14.9. The van der Waals surface area contributed by atoms with Gasteiger partial charge in [-0.05, 0) is 61.0 Å². The fraction of sp³-hybridized carbons (Fsp3) is 0.100. The number of aryl methyl sites for hydroxylation is 1. The third-order valence-electron chi connectivity index (χ3n) is 3.74. The van der Waals surface area contributed by atoms with Crippen LogP contribution in [0.25, 0.3) is 17.0 Å². The standard InChI is InChI=1S/C20H16ClNO2/c1-13-3-4-15-12-16(20(21)22-18(15)11-13)7-10-19(23)14-5-8-17(24-2)9-6-14/h3-12H,1-2H3. The second-order valence-corrected chi connectivity index (χ2v) is 5.85. The van der Waals surface area contributed by atoms with Crippen molar-refractivity contribution >= 4 is 34.4 Å². The van der Waals surface area contributed by atoms with E-state index in [0.717, 1.165) is 22.0 Å². The lowest BCUT2D eigenvalue weighted by Crippen LogP contribution is -1.94. The Kier molecular flexibility index (Phi) is 4.63. The Morgan fingerprint density at radius 1 is 1.12 bits per heavy atom. The number of methoxy groups -OCH3 is 1. The van der Waals surface area contributed by atoms with Crippen molar-refractivity contribution in [3.63, 3.8) is 0 Å². The summed E-state index contributed by atoms with van der Waals surface area (Å²) in [5.74, 6) is 0.616. The molecule has 3 aromatic rings. The van der Waals surface area contributed by atoms with Crippen molar-refractivity contribution in [2.45, 2.75) is 6.92 Å². The van der Waals surface area contributed by atoms with Gasteiger partial charge in [0.1, 0.15) is 10.9 Å². The zero-order valence-electron chi connectivity index (χ0n) is 13.4. The monoisotopic (exact) mass is 337 g/mol. The number of halogens is 1. The third kappa shape index (κ3) is 3.47. The van der Waals surface area contributed by atoms with Crippen molar-refractivity contribution in [2.75, 3.05) is 7.11 Å². The Balaban J connectivity index is 1.87. The molecule has 2 aromatic carbocycles. The van der Waals surface area contributed by atoms with Gasteiger partial charge in [-0.1, -0.05) is 23.7 Å². The van der Waals surface area contributed by atoms with E-state index in [1.165, 1.54) is 6.08 Å². The summed E-state index contributed by atoms with van der Waals surface area (Å²) in [6.45, 7) is 2.01. The number of aromatic nitrogens is 1. The van der Waals surface area contributed by atoms with Crippen LogP contribution in [0.1, 0.15) is 21.5 Å². The topological polar surface area (TPSA) is 39.2 Å². The predicted molar refractivity (Wildman–Crippen MR) is 97.8 cm³/mol. The van der Waals surface area contributed by atoms with E-state index < -0.39 is 0 Å². The molecule has 0 spiro atoms. The van der Waals surface area contributed by atoms with Gasteiger partial charge in [-0.2, -0.15) is 0 Å². The minimum absolute atomic E-state index is 0.0993. The first-order valence-electron chi connectivity index (χ1n) is 7.50. The SMILES string of the molecule is COc1ccc(C(=O)C=Cc2cc3ccc(C)cc3nc2Cl)cc1. The summed E-state index contributed by atoms with van der Waals surface area (Å²) in [5.41, 5.74) is 3.28. The highest BCUT2D eigenvalue weighted by Gasteiger charge is 2.05. The summed E-state index contributed by atoms with van der Waals surface area (Å²) in [7, 11) is 1.59. The van der Waals surface area contributed by atoms with Gasteiger partial charge in [0, 0.05) is 16.5 Å². The van der Waals surface area contributed by atoms with E-state index in [2.05, 4.69) is 4.98 Å². The lowest BCUT2D eigenvalue weighted by molar-refractivity contribution is 0.104. The van der Waals surface area contributed by atoms with Crippen molar-refractivity contribution in [2.24, 2.45) is 0 Å². The number of rotatable bonds is 4. The summed E-state index contributed by atoms with van der Waals surface area (Å²) < 4.78 is 5.09.